The van der Waals surface area contributed by atoms with E-state index in [-0.39, 0.29) is 5.75 Å². The van der Waals surface area contributed by atoms with Gasteiger partial charge in [0.2, 0.25) is 0 Å². The minimum absolute atomic E-state index is 0.222. The molecule has 42 heavy (non-hydrogen) atoms. The van der Waals surface area contributed by atoms with Gasteiger partial charge in [0.05, 0.1) is 40.1 Å². The summed E-state index contributed by atoms with van der Waals surface area (Å²) < 4.78 is 2.14. The molecule has 0 saturated carbocycles. The summed E-state index contributed by atoms with van der Waals surface area (Å²) in [6.07, 6.45) is 1.70. The highest BCUT2D eigenvalue weighted by Gasteiger charge is 2.18. The highest BCUT2D eigenvalue weighted by molar-refractivity contribution is 6.09. The molecule has 0 radical (unpaired) electrons. The molecule has 3 N–H and O–H groups in total. The molecule has 202 valence electrons. The van der Waals surface area contributed by atoms with Gasteiger partial charge in [-0.3, -0.25) is 0 Å². The van der Waals surface area contributed by atoms with Crippen LogP contribution in [0.4, 0.5) is 22.7 Å². The molecule has 0 aliphatic heterocycles. The molecule has 0 atom stereocenters. The van der Waals surface area contributed by atoms with E-state index in [1.165, 1.54) is 0 Å². The van der Waals surface area contributed by atoms with Crippen LogP contribution in [0.25, 0.3) is 38.6 Å². The number of aliphatic imine (C=N–C) groups is 1. The van der Waals surface area contributed by atoms with Crippen LogP contribution in [0.15, 0.2) is 151 Å². The van der Waals surface area contributed by atoms with Gasteiger partial charge >= 0.3 is 0 Å². The van der Waals surface area contributed by atoms with Crippen LogP contribution in [0.3, 0.4) is 0 Å². The maximum absolute atomic E-state index is 11.8. The third-order valence-corrected chi connectivity index (χ3v) is 7.44. The van der Waals surface area contributed by atoms with E-state index in [2.05, 4.69) is 56.6 Å². The van der Waals surface area contributed by atoms with Crippen molar-refractivity contribution < 1.29 is 5.11 Å². The molecule has 7 aromatic rings. The Morgan fingerprint density at radius 1 is 0.524 bits per heavy atom. The Labute approximate surface area is 244 Å². The highest BCUT2D eigenvalue weighted by Crippen LogP contribution is 2.42. The molecule has 0 aliphatic carbocycles. The van der Waals surface area contributed by atoms with Gasteiger partial charge in [-0.05, 0) is 48.5 Å². The first-order chi connectivity index (χ1) is 20.8. The molecule has 5 nitrogen and oxygen atoms in total. The molecule has 1 aromatic heterocycles. The zero-order valence-corrected chi connectivity index (χ0v) is 22.8. The number of fused-ring (bicyclic) bond motifs is 3. The van der Waals surface area contributed by atoms with Crippen LogP contribution in [0.2, 0.25) is 0 Å². The fraction of sp³-hybridized carbons (Fsp3) is 0. The zero-order chi connectivity index (χ0) is 28.3. The van der Waals surface area contributed by atoms with E-state index in [4.69, 9.17) is 0 Å². The normalized spacial score (nSPS) is 11.3. The molecule has 0 spiro atoms. The number of hydrogen-bond acceptors (Lipinski definition) is 3. The Balaban J connectivity index is 1.27. The molecular formula is C37H28N4O. The van der Waals surface area contributed by atoms with Crippen LogP contribution < -0.4 is 10.6 Å². The molecule has 5 heteroatoms. The third-order valence-electron chi connectivity index (χ3n) is 7.44. The van der Waals surface area contributed by atoms with E-state index in [9.17, 15) is 5.11 Å². The number of phenols is 1. The van der Waals surface area contributed by atoms with Gasteiger partial charge in [-0.25, -0.2) is 4.99 Å². The van der Waals surface area contributed by atoms with Crippen molar-refractivity contribution in [3.63, 3.8) is 0 Å². The number of aromatic hydroxyl groups is 1. The quantitative estimate of drug-likeness (QED) is 0.138. The van der Waals surface area contributed by atoms with Crippen molar-refractivity contribution in [2.75, 3.05) is 10.6 Å². The molecule has 6 aromatic carbocycles. The number of anilines is 3. The van der Waals surface area contributed by atoms with Gasteiger partial charge in [-0.15, -0.1) is 0 Å². The van der Waals surface area contributed by atoms with Crippen molar-refractivity contribution in [3.8, 4) is 22.6 Å². The second-order valence-electron chi connectivity index (χ2n) is 10.00. The summed E-state index contributed by atoms with van der Waals surface area (Å²) in [4.78, 5) is 4.50. The topological polar surface area (TPSA) is 61.6 Å². The van der Waals surface area contributed by atoms with Crippen molar-refractivity contribution in [2.45, 2.75) is 0 Å². The monoisotopic (exact) mass is 544 g/mol. The minimum atomic E-state index is 0.222. The molecule has 0 amide bonds. The lowest BCUT2D eigenvalue weighted by Crippen LogP contribution is -2.01. The summed E-state index contributed by atoms with van der Waals surface area (Å²) in [6, 6.07) is 48.4. The van der Waals surface area contributed by atoms with Gasteiger partial charge in [0, 0.05) is 27.6 Å². The summed E-state index contributed by atoms with van der Waals surface area (Å²) in [7, 11) is 0. The second kappa shape index (κ2) is 11.0. The Morgan fingerprint density at radius 3 is 1.83 bits per heavy atom. The molecule has 0 bridgehead atoms. The zero-order valence-electron chi connectivity index (χ0n) is 22.8. The van der Waals surface area contributed by atoms with E-state index < -0.39 is 0 Å². The van der Waals surface area contributed by atoms with E-state index in [1.54, 1.807) is 6.34 Å². The Hall–Kier alpha value is -5.81. The Bertz CT molecular complexity index is 2010. The molecule has 0 fully saturated rings. The molecule has 0 unspecified atom stereocenters. The predicted molar refractivity (Wildman–Crippen MR) is 176 cm³/mol. The van der Waals surface area contributed by atoms with Crippen LogP contribution in [0, 0.1) is 0 Å². The van der Waals surface area contributed by atoms with Gasteiger partial charge in [0.15, 0.2) is 0 Å². The maximum Gasteiger partial charge on any atom is 0.147 e. The number of para-hydroxylation sites is 7. The van der Waals surface area contributed by atoms with Gasteiger partial charge in [0.25, 0.3) is 0 Å². The third kappa shape index (κ3) is 4.63. The van der Waals surface area contributed by atoms with Gasteiger partial charge < -0.3 is 20.3 Å². The first-order valence-corrected chi connectivity index (χ1v) is 13.9. The first-order valence-electron chi connectivity index (χ1n) is 13.9. The summed E-state index contributed by atoms with van der Waals surface area (Å²) in [5.74, 6) is 0.222. The van der Waals surface area contributed by atoms with Crippen LogP contribution in [-0.4, -0.2) is 16.0 Å². The number of aromatic nitrogens is 1. The number of benzene rings is 6. The lowest BCUT2D eigenvalue weighted by molar-refractivity contribution is 0.475. The smallest absolute Gasteiger partial charge is 0.147 e. The van der Waals surface area contributed by atoms with Crippen molar-refractivity contribution in [2.24, 2.45) is 4.99 Å². The number of phenolic OH excluding ortho intramolecular Hbond substituents is 1. The predicted octanol–water partition coefficient (Wildman–Crippen LogP) is 9.67. The number of nitrogens with one attached hydrogen (secondary N) is 2. The maximum atomic E-state index is 11.8. The van der Waals surface area contributed by atoms with E-state index in [0.717, 1.165) is 61.4 Å². The summed E-state index contributed by atoms with van der Waals surface area (Å²) in [5, 5.41) is 21.0. The lowest BCUT2D eigenvalue weighted by atomic mass is 10.0. The van der Waals surface area contributed by atoms with E-state index in [1.807, 2.05) is 109 Å². The average Bonchev–Trinajstić information content (AvgIpc) is 3.37. The standard InChI is InChI=1S/C37H28N4O/c42-37-30(18-12-24-36(37)41-34-22-10-5-16-28(34)29-17-6-11-23-35(29)41)27-15-4-7-19-31(27)40-33-21-9-8-20-32(33)39-25-38-26-13-2-1-3-14-26/h1-25,40,42H,(H,38,39). The molecule has 0 saturated heterocycles. The molecule has 7 rings (SSSR count). The van der Waals surface area contributed by atoms with Gasteiger partial charge in [-0.1, -0.05) is 97.1 Å². The number of hydrogen-bond donors (Lipinski definition) is 3. The summed E-state index contributed by atoms with van der Waals surface area (Å²) in [5.41, 5.74) is 8.00. The fourth-order valence-electron chi connectivity index (χ4n) is 5.49. The number of rotatable bonds is 7. The van der Waals surface area contributed by atoms with Crippen molar-refractivity contribution in [1.29, 1.82) is 0 Å². The second-order valence-corrected chi connectivity index (χ2v) is 10.00. The van der Waals surface area contributed by atoms with Gasteiger partial charge in [-0.2, -0.15) is 0 Å². The lowest BCUT2D eigenvalue weighted by Gasteiger charge is -2.18. The van der Waals surface area contributed by atoms with Crippen molar-refractivity contribution in [1.82, 2.24) is 4.57 Å². The molecule has 1 heterocycles. The Morgan fingerprint density at radius 2 is 1.10 bits per heavy atom. The molecular weight excluding hydrogens is 516 g/mol. The first kappa shape index (κ1) is 25.2. The number of nitrogens with zero attached hydrogens (tertiary/aromatic N) is 2. The van der Waals surface area contributed by atoms with Crippen LogP contribution in [0.5, 0.6) is 5.75 Å². The largest absolute Gasteiger partial charge is 0.505 e. The minimum Gasteiger partial charge on any atom is -0.505 e. The summed E-state index contributed by atoms with van der Waals surface area (Å²) in [6.45, 7) is 0. The van der Waals surface area contributed by atoms with Gasteiger partial charge in [0.1, 0.15) is 5.75 Å². The van der Waals surface area contributed by atoms with E-state index in [0.29, 0.717) is 0 Å². The van der Waals surface area contributed by atoms with Crippen molar-refractivity contribution in [3.05, 3.63) is 146 Å². The highest BCUT2D eigenvalue weighted by atomic mass is 16.3. The van der Waals surface area contributed by atoms with E-state index >= 15 is 0 Å². The van der Waals surface area contributed by atoms with Crippen LogP contribution in [-0.2, 0) is 0 Å². The molecule has 0 aliphatic rings. The van der Waals surface area contributed by atoms with Crippen LogP contribution in [0.1, 0.15) is 0 Å². The van der Waals surface area contributed by atoms with Crippen molar-refractivity contribution >= 4 is 50.9 Å². The average molecular weight is 545 g/mol. The Kier molecular flexibility index (Phi) is 6.59. The summed E-state index contributed by atoms with van der Waals surface area (Å²) >= 11 is 0. The van der Waals surface area contributed by atoms with Crippen LogP contribution >= 0.6 is 0 Å². The fourth-order valence-corrected chi connectivity index (χ4v) is 5.49. The SMILES string of the molecule is Oc1c(-c2ccccc2Nc2ccccc2NC=Nc2ccccc2)cccc1-n1c2ccccc2c2ccccc21.